The summed E-state index contributed by atoms with van der Waals surface area (Å²) in [7, 11) is 0. The van der Waals surface area contributed by atoms with E-state index in [4.69, 9.17) is 10.2 Å². The fourth-order valence-electron chi connectivity index (χ4n) is 1.38. The average Bonchev–Trinajstić information content (AvgIpc) is 2.23. The van der Waals surface area contributed by atoms with E-state index >= 15 is 0 Å². The molecule has 0 radical (unpaired) electrons. The van der Waals surface area contributed by atoms with Gasteiger partial charge in [0.2, 0.25) is 5.78 Å². The molecule has 0 bridgehead atoms. The quantitative estimate of drug-likeness (QED) is 0.511. The molecule has 0 saturated carbocycles. The summed E-state index contributed by atoms with van der Waals surface area (Å²) in [5.41, 5.74) is -1.59. The molecule has 0 heterocycles. The van der Waals surface area contributed by atoms with Crippen molar-refractivity contribution in [3.63, 3.8) is 0 Å². The lowest BCUT2D eigenvalue weighted by Gasteiger charge is -2.28. The van der Waals surface area contributed by atoms with E-state index in [0.29, 0.717) is 0 Å². The predicted molar refractivity (Wildman–Crippen MR) is 55.6 cm³/mol. The minimum atomic E-state index is -1.67. The topological polar surface area (TPSA) is 133 Å². The molecule has 0 aromatic rings. The average molecular weight is 246 g/mol. The van der Waals surface area contributed by atoms with Gasteiger partial charge in [-0.3, -0.25) is 14.9 Å². The molecular formula is C9H14N2O6. The van der Waals surface area contributed by atoms with Crippen LogP contribution in [0.15, 0.2) is 0 Å². The van der Waals surface area contributed by atoms with Gasteiger partial charge in [0.15, 0.2) is 0 Å². The van der Waals surface area contributed by atoms with Crippen molar-refractivity contribution in [3.05, 3.63) is 0 Å². The third kappa shape index (κ3) is 3.74. The molecule has 0 aromatic carbocycles. The van der Waals surface area contributed by atoms with E-state index in [-0.39, 0.29) is 12.8 Å². The lowest BCUT2D eigenvalue weighted by Crippen LogP contribution is -2.58. The standard InChI is InChI=1S/C9H14N2O6/c1-3-9(4-2,11-8(16)17)5(12)6(13)10-7(14)15/h11H,3-4H2,1-2H3,(H,10,13)(H,14,15)(H,16,17). The van der Waals surface area contributed by atoms with Crippen LogP contribution in [0.2, 0.25) is 0 Å². The van der Waals surface area contributed by atoms with Crippen LogP contribution in [-0.4, -0.2) is 39.6 Å². The number of carbonyl (C=O) groups is 4. The molecule has 0 atom stereocenters. The molecule has 17 heavy (non-hydrogen) atoms. The number of hydrogen-bond acceptors (Lipinski definition) is 4. The number of Topliss-reactive ketones (excluding diaryl/α,β-unsaturated/α-hetero) is 1. The molecule has 0 spiro atoms. The van der Waals surface area contributed by atoms with Crippen molar-refractivity contribution in [1.29, 1.82) is 0 Å². The summed E-state index contributed by atoms with van der Waals surface area (Å²) in [6, 6.07) is 0. The third-order valence-electron chi connectivity index (χ3n) is 2.41. The molecule has 0 fully saturated rings. The minimum Gasteiger partial charge on any atom is -0.465 e. The number of ketones is 1. The first-order chi connectivity index (χ1) is 7.79. The first kappa shape index (κ1) is 14.9. The lowest BCUT2D eigenvalue weighted by molar-refractivity contribution is -0.141. The van der Waals surface area contributed by atoms with Crippen molar-refractivity contribution in [2.75, 3.05) is 0 Å². The van der Waals surface area contributed by atoms with Gasteiger partial charge < -0.3 is 15.5 Å². The maximum atomic E-state index is 11.7. The van der Waals surface area contributed by atoms with Crippen LogP contribution in [0.4, 0.5) is 9.59 Å². The Morgan fingerprint density at radius 3 is 1.76 bits per heavy atom. The molecule has 0 aromatic heterocycles. The first-order valence-electron chi connectivity index (χ1n) is 4.89. The second-order valence-corrected chi connectivity index (χ2v) is 3.31. The molecule has 0 aliphatic carbocycles. The third-order valence-corrected chi connectivity index (χ3v) is 2.41. The Kier molecular flexibility index (Phi) is 5.10. The number of hydrogen-bond donors (Lipinski definition) is 4. The largest absolute Gasteiger partial charge is 0.465 e. The highest BCUT2D eigenvalue weighted by Crippen LogP contribution is 2.16. The van der Waals surface area contributed by atoms with Crippen molar-refractivity contribution in [1.82, 2.24) is 10.6 Å². The van der Waals surface area contributed by atoms with E-state index < -0.39 is 29.4 Å². The normalized spacial score (nSPS) is 10.5. The lowest BCUT2D eigenvalue weighted by atomic mass is 9.87. The summed E-state index contributed by atoms with van der Waals surface area (Å²) >= 11 is 0. The number of nitrogens with one attached hydrogen (secondary N) is 2. The second kappa shape index (κ2) is 5.83. The summed E-state index contributed by atoms with van der Waals surface area (Å²) in [5, 5.41) is 20.3. The predicted octanol–water partition coefficient (Wildman–Crippen LogP) is 0.176. The zero-order valence-corrected chi connectivity index (χ0v) is 9.44. The molecule has 0 aliphatic rings. The fraction of sp³-hybridized carbons (Fsp3) is 0.556. The molecule has 4 N–H and O–H groups in total. The SMILES string of the molecule is CCC(CC)(NC(=O)O)C(=O)C(=O)NC(=O)O. The molecule has 8 nitrogen and oxygen atoms in total. The van der Waals surface area contributed by atoms with E-state index in [1.54, 1.807) is 0 Å². The molecule has 0 unspecified atom stereocenters. The Balaban J connectivity index is 5.05. The van der Waals surface area contributed by atoms with E-state index in [0.717, 1.165) is 0 Å². The number of imide groups is 1. The Bertz CT molecular complexity index is 347. The minimum absolute atomic E-state index is 0.0433. The second-order valence-electron chi connectivity index (χ2n) is 3.31. The molecule has 3 amide bonds. The van der Waals surface area contributed by atoms with Crippen molar-refractivity contribution in [3.8, 4) is 0 Å². The van der Waals surface area contributed by atoms with Crippen molar-refractivity contribution >= 4 is 23.9 Å². The zero-order chi connectivity index (χ0) is 13.6. The highest BCUT2D eigenvalue weighted by atomic mass is 16.4. The molecular weight excluding hydrogens is 232 g/mol. The number of amides is 3. The number of carbonyl (C=O) groups excluding carboxylic acids is 2. The van der Waals surface area contributed by atoms with Crippen LogP contribution in [0.5, 0.6) is 0 Å². The molecule has 96 valence electrons. The summed E-state index contributed by atoms with van der Waals surface area (Å²) in [6.07, 6.45) is -3.03. The van der Waals surface area contributed by atoms with E-state index in [2.05, 4.69) is 0 Å². The Morgan fingerprint density at radius 2 is 1.47 bits per heavy atom. The van der Waals surface area contributed by atoms with Crippen LogP contribution in [0, 0.1) is 0 Å². The van der Waals surface area contributed by atoms with Crippen LogP contribution in [0.1, 0.15) is 26.7 Å². The zero-order valence-electron chi connectivity index (χ0n) is 9.44. The number of rotatable bonds is 5. The maximum absolute atomic E-state index is 11.7. The van der Waals surface area contributed by atoms with Crippen LogP contribution in [-0.2, 0) is 9.59 Å². The fourth-order valence-corrected chi connectivity index (χ4v) is 1.38. The van der Waals surface area contributed by atoms with Gasteiger partial charge in [0, 0.05) is 0 Å². The molecule has 8 heteroatoms. The monoisotopic (exact) mass is 246 g/mol. The Hall–Kier alpha value is -2.12. The van der Waals surface area contributed by atoms with Gasteiger partial charge in [-0.1, -0.05) is 13.8 Å². The van der Waals surface area contributed by atoms with Gasteiger partial charge in [0.05, 0.1) is 0 Å². The highest BCUT2D eigenvalue weighted by molar-refractivity contribution is 6.41. The molecule has 0 saturated heterocycles. The summed E-state index contributed by atoms with van der Waals surface area (Å²) in [5.74, 6) is -2.47. The summed E-state index contributed by atoms with van der Waals surface area (Å²) in [4.78, 5) is 43.7. The maximum Gasteiger partial charge on any atom is 0.411 e. The van der Waals surface area contributed by atoms with Crippen LogP contribution in [0.3, 0.4) is 0 Å². The van der Waals surface area contributed by atoms with Gasteiger partial charge in [-0.25, -0.2) is 9.59 Å². The van der Waals surface area contributed by atoms with Gasteiger partial charge in [-0.2, -0.15) is 0 Å². The number of carboxylic acid groups (broad SMARTS) is 2. The van der Waals surface area contributed by atoms with Crippen molar-refractivity contribution in [2.24, 2.45) is 0 Å². The van der Waals surface area contributed by atoms with E-state index in [1.807, 2.05) is 5.32 Å². The summed E-state index contributed by atoms with van der Waals surface area (Å²) in [6.45, 7) is 3.04. The van der Waals surface area contributed by atoms with Gasteiger partial charge in [0.1, 0.15) is 5.54 Å². The molecule has 0 aliphatic heterocycles. The van der Waals surface area contributed by atoms with Gasteiger partial charge in [-0.05, 0) is 12.8 Å². The van der Waals surface area contributed by atoms with Gasteiger partial charge in [-0.15, -0.1) is 0 Å². The smallest absolute Gasteiger partial charge is 0.411 e. The van der Waals surface area contributed by atoms with Crippen LogP contribution < -0.4 is 10.6 Å². The van der Waals surface area contributed by atoms with Gasteiger partial charge >= 0.3 is 12.2 Å². The summed E-state index contributed by atoms with van der Waals surface area (Å²) < 4.78 is 0. The van der Waals surface area contributed by atoms with Crippen molar-refractivity contribution in [2.45, 2.75) is 32.2 Å². The van der Waals surface area contributed by atoms with Gasteiger partial charge in [0.25, 0.3) is 5.91 Å². The van der Waals surface area contributed by atoms with E-state index in [1.165, 1.54) is 19.2 Å². The Morgan fingerprint density at radius 1 is 1.00 bits per heavy atom. The first-order valence-corrected chi connectivity index (χ1v) is 4.89. The van der Waals surface area contributed by atoms with Crippen LogP contribution >= 0.6 is 0 Å². The van der Waals surface area contributed by atoms with E-state index in [9.17, 15) is 19.2 Å². The van der Waals surface area contributed by atoms with Crippen LogP contribution in [0.25, 0.3) is 0 Å². The highest BCUT2D eigenvalue weighted by Gasteiger charge is 2.40. The Labute approximate surface area is 97.0 Å². The van der Waals surface area contributed by atoms with Crippen molar-refractivity contribution < 1.29 is 29.4 Å². The molecule has 0 rings (SSSR count).